The van der Waals surface area contributed by atoms with Gasteiger partial charge in [0.1, 0.15) is 5.75 Å². The number of nitrogens with one attached hydrogen (secondary N) is 1. The summed E-state index contributed by atoms with van der Waals surface area (Å²) in [4.78, 5) is 11.7. The van der Waals surface area contributed by atoms with Crippen LogP contribution in [0.1, 0.15) is 31.4 Å². The smallest absolute Gasteiger partial charge is 0.260 e. The number of rotatable bonds is 5. The van der Waals surface area contributed by atoms with Gasteiger partial charge < -0.3 is 15.8 Å². The zero-order valence-corrected chi connectivity index (χ0v) is 11.5. The summed E-state index contributed by atoms with van der Waals surface area (Å²) >= 11 is 0. The van der Waals surface area contributed by atoms with Crippen LogP contribution in [0.15, 0.2) is 12.1 Å². The lowest BCUT2D eigenvalue weighted by molar-refractivity contribution is -0.127. The van der Waals surface area contributed by atoms with Crippen molar-refractivity contribution in [2.75, 3.05) is 12.3 Å². The highest BCUT2D eigenvalue weighted by Gasteiger charge is 2.15. The molecule has 1 rings (SSSR count). The molecule has 1 aromatic rings. The fraction of sp³-hybridized carbons (Fsp3) is 0.500. The van der Waals surface area contributed by atoms with Gasteiger partial charge in [-0.05, 0) is 50.5 Å². The van der Waals surface area contributed by atoms with Crippen molar-refractivity contribution in [2.24, 2.45) is 0 Å². The van der Waals surface area contributed by atoms with Crippen LogP contribution < -0.4 is 15.8 Å². The molecule has 4 heteroatoms. The first-order valence-corrected chi connectivity index (χ1v) is 6.26. The van der Waals surface area contributed by atoms with Crippen molar-refractivity contribution < 1.29 is 9.53 Å². The molecule has 100 valence electrons. The Morgan fingerprint density at radius 2 is 2.06 bits per heavy atom. The third kappa shape index (κ3) is 3.65. The van der Waals surface area contributed by atoms with Gasteiger partial charge in [0, 0.05) is 12.2 Å². The van der Waals surface area contributed by atoms with Gasteiger partial charge in [0.15, 0.2) is 6.10 Å². The highest BCUT2D eigenvalue weighted by molar-refractivity contribution is 5.80. The summed E-state index contributed by atoms with van der Waals surface area (Å²) in [5.41, 5.74) is 8.44. The molecule has 0 saturated carbocycles. The van der Waals surface area contributed by atoms with Gasteiger partial charge in [-0.1, -0.05) is 6.92 Å². The number of benzene rings is 1. The summed E-state index contributed by atoms with van der Waals surface area (Å²) < 4.78 is 5.67. The van der Waals surface area contributed by atoms with E-state index in [1.54, 1.807) is 6.92 Å². The lowest BCUT2D eigenvalue weighted by Gasteiger charge is -2.17. The molecule has 0 heterocycles. The average Bonchev–Trinajstić information content (AvgIpc) is 2.32. The minimum absolute atomic E-state index is 0.0919. The van der Waals surface area contributed by atoms with Crippen LogP contribution >= 0.6 is 0 Å². The molecule has 0 aliphatic carbocycles. The molecule has 1 atom stereocenters. The number of hydrogen-bond donors (Lipinski definition) is 2. The fourth-order valence-corrected chi connectivity index (χ4v) is 1.57. The summed E-state index contributed by atoms with van der Waals surface area (Å²) in [5.74, 6) is 0.617. The number of carbonyl (C=O) groups excluding carboxylic acids is 1. The molecule has 1 unspecified atom stereocenters. The van der Waals surface area contributed by atoms with Gasteiger partial charge in [0.25, 0.3) is 5.91 Å². The Morgan fingerprint density at radius 1 is 1.39 bits per heavy atom. The van der Waals surface area contributed by atoms with Crippen molar-refractivity contribution in [3.8, 4) is 5.75 Å². The number of aryl methyl sites for hydroxylation is 2. The maximum atomic E-state index is 11.7. The minimum atomic E-state index is -0.502. The van der Waals surface area contributed by atoms with Gasteiger partial charge in [0.05, 0.1) is 0 Å². The van der Waals surface area contributed by atoms with E-state index in [-0.39, 0.29) is 5.91 Å². The second-order valence-electron chi connectivity index (χ2n) is 4.53. The van der Waals surface area contributed by atoms with Gasteiger partial charge in [-0.25, -0.2) is 0 Å². The van der Waals surface area contributed by atoms with Crippen LogP contribution in [0.4, 0.5) is 5.69 Å². The quantitative estimate of drug-likeness (QED) is 0.787. The largest absolute Gasteiger partial charge is 0.481 e. The number of amides is 1. The molecule has 0 aromatic heterocycles. The molecule has 0 fully saturated rings. The summed E-state index contributed by atoms with van der Waals surface area (Å²) in [6, 6.07) is 3.73. The maximum Gasteiger partial charge on any atom is 0.260 e. The van der Waals surface area contributed by atoms with E-state index in [4.69, 9.17) is 10.5 Å². The SMILES string of the molecule is CCCNC(=O)C(C)Oc1cc(C)c(N)cc1C. The molecule has 0 saturated heterocycles. The Labute approximate surface area is 109 Å². The van der Waals surface area contributed by atoms with Gasteiger partial charge in [0.2, 0.25) is 0 Å². The minimum Gasteiger partial charge on any atom is -0.481 e. The first-order valence-electron chi connectivity index (χ1n) is 6.26. The molecule has 0 radical (unpaired) electrons. The summed E-state index contributed by atoms with van der Waals surface area (Å²) in [6.07, 6.45) is 0.414. The number of anilines is 1. The first kappa shape index (κ1) is 14.4. The highest BCUT2D eigenvalue weighted by atomic mass is 16.5. The van der Waals surface area contributed by atoms with Gasteiger partial charge in [-0.3, -0.25) is 4.79 Å². The second-order valence-corrected chi connectivity index (χ2v) is 4.53. The monoisotopic (exact) mass is 250 g/mol. The lowest BCUT2D eigenvalue weighted by atomic mass is 10.1. The fourth-order valence-electron chi connectivity index (χ4n) is 1.57. The van der Waals surface area contributed by atoms with Crippen LogP contribution in [-0.4, -0.2) is 18.6 Å². The van der Waals surface area contributed by atoms with Gasteiger partial charge in [-0.15, -0.1) is 0 Å². The number of nitrogen functional groups attached to an aromatic ring is 1. The second kappa shape index (κ2) is 6.28. The molecule has 0 bridgehead atoms. The van der Waals surface area contributed by atoms with Gasteiger partial charge in [-0.2, -0.15) is 0 Å². The van der Waals surface area contributed by atoms with Crippen molar-refractivity contribution in [3.63, 3.8) is 0 Å². The molecule has 1 aromatic carbocycles. The Bertz CT molecular complexity index is 430. The van der Waals surface area contributed by atoms with E-state index in [1.165, 1.54) is 0 Å². The molecule has 0 spiro atoms. The van der Waals surface area contributed by atoms with E-state index in [0.717, 1.165) is 23.2 Å². The van der Waals surface area contributed by atoms with Crippen LogP contribution in [0.2, 0.25) is 0 Å². The molecule has 1 amide bonds. The summed E-state index contributed by atoms with van der Waals surface area (Å²) in [6.45, 7) is 8.27. The number of carbonyl (C=O) groups is 1. The standard InChI is InChI=1S/C14H22N2O2/c1-5-6-16-14(17)11(4)18-13-8-9(2)12(15)7-10(13)3/h7-8,11H,5-6,15H2,1-4H3,(H,16,17). The van der Waals surface area contributed by atoms with Crippen LogP contribution in [0.5, 0.6) is 5.75 Å². The predicted molar refractivity (Wildman–Crippen MR) is 73.7 cm³/mol. The molecule has 3 N–H and O–H groups in total. The van der Waals surface area contributed by atoms with E-state index in [0.29, 0.717) is 12.3 Å². The predicted octanol–water partition coefficient (Wildman–Crippen LogP) is 2.18. The van der Waals surface area contributed by atoms with Crippen molar-refractivity contribution in [2.45, 2.75) is 40.2 Å². The van der Waals surface area contributed by atoms with Crippen LogP contribution in [-0.2, 0) is 4.79 Å². The number of hydrogen-bond acceptors (Lipinski definition) is 3. The number of ether oxygens (including phenoxy) is 1. The third-order valence-electron chi connectivity index (χ3n) is 2.79. The van der Waals surface area contributed by atoms with Crippen molar-refractivity contribution >= 4 is 11.6 Å². The van der Waals surface area contributed by atoms with E-state index in [9.17, 15) is 4.79 Å². The number of nitrogens with two attached hydrogens (primary N) is 1. The zero-order chi connectivity index (χ0) is 13.7. The third-order valence-corrected chi connectivity index (χ3v) is 2.79. The first-order chi connectivity index (χ1) is 8.45. The van der Waals surface area contributed by atoms with Crippen LogP contribution in [0.3, 0.4) is 0 Å². The Kier molecular flexibility index (Phi) is 5.01. The van der Waals surface area contributed by atoms with Crippen molar-refractivity contribution in [1.29, 1.82) is 0 Å². The molecule has 18 heavy (non-hydrogen) atoms. The van der Waals surface area contributed by atoms with E-state index in [1.807, 2.05) is 32.9 Å². The topological polar surface area (TPSA) is 64.3 Å². The van der Waals surface area contributed by atoms with Gasteiger partial charge >= 0.3 is 0 Å². The van der Waals surface area contributed by atoms with E-state index >= 15 is 0 Å². The normalized spacial score (nSPS) is 12.0. The Balaban J connectivity index is 2.72. The van der Waals surface area contributed by atoms with Crippen LogP contribution in [0.25, 0.3) is 0 Å². The molecular formula is C14H22N2O2. The Morgan fingerprint density at radius 3 is 2.67 bits per heavy atom. The van der Waals surface area contributed by atoms with E-state index < -0.39 is 6.10 Å². The lowest BCUT2D eigenvalue weighted by Crippen LogP contribution is -2.36. The van der Waals surface area contributed by atoms with Crippen molar-refractivity contribution in [1.82, 2.24) is 5.32 Å². The molecule has 4 nitrogen and oxygen atoms in total. The van der Waals surface area contributed by atoms with Crippen LogP contribution in [0, 0.1) is 13.8 Å². The zero-order valence-electron chi connectivity index (χ0n) is 11.5. The average molecular weight is 250 g/mol. The molecule has 0 aliphatic rings. The summed E-state index contributed by atoms with van der Waals surface area (Å²) in [7, 11) is 0. The van der Waals surface area contributed by atoms with Crippen molar-refractivity contribution in [3.05, 3.63) is 23.3 Å². The summed E-state index contributed by atoms with van der Waals surface area (Å²) in [5, 5.41) is 2.81. The highest BCUT2D eigenvalue weighted by Crippen LogP contribution is 2.25. The maximum absolute atomic E-state index is 11.7. The Hall–Kier alpha value is -1.71. The molecular weight excluding hydrogens is 228 g/mol. The van der Waals surface area contributed by atoms with E-state index in [2.05, 4.69) is 5.32 Å². The molecule has 0 aliphatic heterocycles.